The Hall–Kier alpha value is -5.19. The molecular weight excluding hydrogens is 624 g/mol. The van der Waals surface area contributed by atoms with E-state index in [1.807, 2.05) is 25.1 Å². The fraction of sp³-hybridized carbons (Fsp3) is 0.395. The zero-order valence-corrected chi connectivity index (χ0v) is 27.7. The second kappa shape index (κ2) is 13.7. The number of aromatic carboxylic acids is 2. The van der Waals surface area contributed by atoms with Crippen molar-refractivity contribution in [2.24, 2.45) is 23.2 Å². The Morgan fingerprint density at radius 3 is 1.92 bits per heavy atom. The molecule has 3 aromatic rings. The zero-order valence-electron chi connectivity index (χ0n) is 27.7. The lowest BCUT2D eigenvalue weighted by atomic mass is 9.49. The molecule has 0 aromatic heterocycles. The molecular formula is C38H42N4O7. The third-order valence-electron chi connectivity index (χ3n) is 10.4. The third kappa shape index (κ3) is 7.61. The van der Waals surface area contributed by atoms with Gasteiger partial charge in [0, 0.05) is 38.4 Å². The number of nitrogens with one attached hydrogen (secondary N) is 3. The van der Waals surface area contributed by atoms with Crippen molar-refractivity contribution in [1.82, 2.24) is 10.6 Å². The summed E-state index contributed by atoms with van der Waals surface area (Å²) in [6, 6.07) is 16.2. The van der Waals surface area contributed by atoms with Crippen LogP contribution < -0.4 is 20.9 Å². The van der Waals surface area contributed by atoms with Gasteiger partial charge in [0.05, 0.1) is 22.3 Å². The number of carboxylic acids is 2. The van der Waals surface area contributed by atoms with Crippen LogP contribution in [0.3, 0.4) is 0 Å². The highest BCUT2D eigenvalue weighted by Crippen LogP contribution is 2.59. The fourth-order valence-electron chi connectivity index (χ4n) is 8.54. The van der Waals surface area contributed by atoms with Gasteiger partial charge < -0.3 is 31.1 Å². The molecule has 11 heteroatoms. The number of carboxylic acid groups (broad SMARTS) is 2. The molecule has 11 nitrogen and oxygen atoms in total. The number of rotatable bonds is 12. The van der Waals surface area contributed by atoms with E-state index in [1.54, 1.807) is 42.5 Å². The Labute approximate surface area is 285 Å². The van der Waals surface area contributed by atoms with Crippen molar-refractivity contribution >= 4 is 41.0 Å². The van der Waals surface area contributed by atoms with Gasteiger partial charge in [-0.05, 0) is 104 Å². The zero-order chi connectivity index (χ0) is 34.9. The number of carbonyl (C=O) groups is 5. The Balaban J connectivity index is 1.25. The van der Waals surface area contributed by atoms with Gasteiger partial charge in [0.15, 0.2) is 0 Å². The summed E-state index contributed by atoms with van der Waals surface area (Å²) in [7, 11) is 3.70. The Bertz CT molecular complexity index is 1720. The van der Waals surface area contributed by atoms with E-state index in [4.69, 9.17) is 0 Å². The number of nitrogens with zero attached hydrogens (tertiary/aromatic N) is 1. The quantitative estimate of drug-likeness (QED) is 0.179. The summed E-state index contributed by atoms with van der Waals surface area (Å²) in [6.07, 6.45) is 7.35. The van der Waals surface area contributed by atoms with Crippen molar-refractivity contribution < 1.29 is 34.2 Å². The van der Waals surface area contributed by atoms with E-state index >= 15 is 0 Å². The highest BCUT2D eigenvalue weighted by atomic mass is 16.4. The van der Waals surface area contributed by atoms with Crippen LogP contribution in [-0.4, -0.2) is 66.6 Å². The third-order valence-corrected chi connectivity index (χ3v) is 10.4. The van der Waals surface area contributed by atoms with Gasteiger partial charge in [-0.25, -0.2) is 9.59 Å². The standard InChI is InChI=1S/C38H42N4O7/c1-42(2)29-8-9-30(31(17-29)33(43)39-21-38-18-23-10-24(19-38)12-25(11-23)20-38)34(44)41-32(13-22-6-4-3-5-7-22)35(45)40-28-15-26(36(46)47)14-27(16-28)37(48)49/h3-9,14-17,23-25,32H,10-13,18-21H2,1-2H3,(H,39,43)(H,40,45)(H,41,44)(H,46,47)(H,48,49). The molecule has 1 unspecified atom stereocenters. The largest absolute Gasteiger partial charge is 0.478 e. The van der Waals surface area contributed by atoms with Crippen molar-refractivity contribution in [2.75, 3.05) is 30.9 Å². The maximum Gasteiger partial charge on any atom is 0.335 e. The van der Waals surface area contributed by atoms with Gasteiger partial charge in [-0.15, -0.1) is 0 Å². The molecule has 3 amide bonds. The first-order valence-electron chi connectivity index (χ1n) is 16.7. The van der Waals surface area contributed by atoms with E-state index in [2.05, 4.69) is 16.0 Å². The number of benzene rings is 3. The maximum atomic E-state index is 14.0. The number of amides is 3. The highest BCUT2D eigenvalue weighted by Gasteiger charge is 2.50. The molecule has 1 atom stereocenters. The molecule has 4 aliphatic rings. The van der Waals surface area contributed by atoms with Crippen molar-refractivity contribution in [2.45, 2.75) is 51.0 Å². The minimum absolute atomic E-state index is 0.0466. The van der Waals surface area contributed by atoms with Crippen LogP contribution in [0.25, 0.3) is 0 Å². The molecule has 0 aliphatic heterocycles. The van der Waals surface area contributed by atoms with Crippen LogP contribution in [0.4, 0.5) is 11.4 Å². The molecule has 7 rings (SSSR count). The van der Waals surface area contributed by atoms with E-state index in [9.17, 15) is 34.2 Å². The summed E-state index contributed by atoms with van der Waals surface area (Å²) in [5, 5.41) is 27.6. The summed E-state index contributed by atoms with van der Waals surface area (Å²) < 4.78 is 0. The summed E-state index contributed by atoms with van der Waals surface area (Å²) in [6.45, 7) is 0.565. The number of carbonyl (C=O) groups excluding carboxylic acids is 3. The van der Waals surface area contributed by atoms with E-state index in [1.165, 1.54) is 19.3 Å². The first-order chi connectivity index (χ1) is 23.4. The maximum absolute atomic E-state index is 14.0. The van der Waals surface area contributed by atoms with Gasteiger partial charge in [-0.1, -0.05) is 30.3 Å². The first-order valence-corrected chi connectivity index (χ1v) is 16.7. The van der Waals surface area contributed by atoms with Crippen LogP contribution >= 0.6 is 0 Å². The van der Waals surface area contributed by atoms with Crippen LogP contribution in [0.2, 0.25) is 0 Å². The molecule has 4 saturated carbocycles. The predicted octanol–water partition coefficient (Wildman–Crippen LogP) is 5.08. The summed E-state index contributed by atoms with van der Waals surface area (Å²) >= 11 is 0. The van der Waals surface area contributed by atoms with Crippen LogP contribution in [0.15, 0.2) is 66.7 Å². The highest BCUT2D eigenvalue weighted by molar-refractivity contribution is 6.09. The smallest absolute Gasteiger partial charge is 0.335 e. The van der Waals surface area contributed by atoms with Crippen LogP contribution in [0.1, 0.15) is 85.5 Å². The lowest BCUT2D eigenvalue weighted by Gasteiger charge is -2.56. The van der Waals surface area contributed by atoms with Gasteiger partial charge >= 0.3 is 11.9 Å². The van der Waals surface area contributed by atoms with Gasteiger partial charge in [-0.3, -0.25) is 14.4 Å². The number of hydrogen-bond acceptors (Lipinski definition) is 6. The molecule has 256 valence electrons. The molecule has 4 aliphatic carbocycles. The lowest BCUT2D eigenvalue weighted by molar-refractivity contribution is -0.118. The lowest BCUT2D eigenvalue weighted by Crippen LogP contribution is -2.51. The average molecular weight is 667 g/mol. The molecule has 0 radical (unpaired) electrons. The molecule has 5 N–H and O–H groups in total. The summed E-state index contributed by atoms with van der Waals surface area (Å²) in [4.78, 5) is 66.7. The molecule has 3 aromatic carbocycles. The van der Waals surface area contributed by atoms with Gasteiger partial charge in [0.1, 0.15) is 6.04 Å². The number of hydrogen-bond donors (Lipinski definition) is 5. The molecule has 0 spiro atoms. The normalized spacial score (nSPS) is 22.5. The van der Waals surface area contributed by atoms with E-state index in [0.717, 1.165) is 66.5 Å². The number of anilines is 2. The minimum atomic E-state index is -1.36. The Kier molecular flexibility index (Phi) is 9.45. The second-order valence-corrected chi connectivity index (χ2v) is 14.3. The van der Waals surface area contributed by atoms with Crippen molar-refractivity contribution in [3.63, 3.8) is 0 Å². The molecule has 49 heavy (non-hydrogen) atoms. The van der Waals surface area contributed by atoms with Crippen molar-refractivity contribution in [3.8, 4) is 0 Å². The van der Waals surface area contributed by atoms with Crippen LogP contribution in [-0.2, 0) is 11.2 Å². The summed E-state index contributed by atoms with van der Waals surface area (Å²) in [5.74, 6) is -2.18. The molecule has 0 saturated heterocycles. The fourth-order valence-corrected chi connectivity index (χ4v) is 8.54. The molecule has 4 fully saturated rings. The Morgan fingerprint density at radius 2 is 1.37 bits per heavy atom. The summed E-state index contributed by atoms with van der Waals surface area (Å²) in [5.41, 5.74) is 1.21. The van der Waals surface area contributed by atoms with E-state index < -0.39 is 29.8 Å². The van der Waals surface area contributed by atoms with Crippen LogP contribution in [0.5, 0.6) is 0 Å². The monoisotopic (exact) mass is 666 g/mol. The Morgan fingerprint density at radius 1 is 0.776 bits per heavy atom. The molecule has 4 bridgehead atoms. The SMILES string of the molecule is CN(C)c1ccc(C(=O)NC(Cc2ccccc2)C(=O)Nc2cc(C(=O)O)cc(C(=O)O)c2)c(C(=O)NCC23CC4CC(CC(C4)C2)C3)c1. The molecule has 0 heterocycles. The van der Waals surface area contributed by atoms with Gasteiger partial charge in [0.25, 0.3) is 11.8 Å². The van der Waals surface area contributed by atoms with E-state index in [-0.39, 0.29) is 45.7 Å². The van der Waals surface area contributed by atoms with Crippen LogP contribution in [0, 0.1) is 23.2 Å². The van der Waals surface area contributed by atoms with Crippen molar-refractivity contribution in [3.05, 3.63) is 94.5 Å². The minimum Gasteiger partial charge on any atom is -0.478 e. The predicted molar refractivity (Wildman–Crippen MR) is 184 cm³/mol. The first kappa shape index (κ1) is 33.7. The van der Waals surface area contributed by atoms with Gasteiger partial charge in [0.2, 0.25) is 5.91 Å². The average Bonchev–Trinajstić information content (AvgIpc) is 3.06. The second-order valence-electron chi connectivity index (χ2n) is 14.3. The van der Waals surface area contributed by atoms with Crippen molar-refractivity contribution in [1.29, 1.82) is 0 Å². The topological polar surface area (TPSA) is 165 Å². The van der Waals surface area contributed by atoms with Gasteiger partial charge in [-0.2, -0.15) is 0 Å². The van der Waals surface area contributed by atoms with E-state index in [0.29, 0.717) is 6.54 Å².